The lowest BCUT2D eigenvalue weighted by molar-refractivity contribution is 0.102. The van der Waals surface area contributed by atoms with Gasteiger partial charge in [0.1, 0.15) is 13.5 Å². The number of anilines is 1. The fourth-order valence-corrected chi connectivity index (χ4v) is 3.47. The lowest BCUT2D eigenvalue weighted by Crippen LogP contribution is -2.13. The molecule has 0 aliphatic carbocycles. The number of carbonyl (C=O) groups is 1. The molecule has 0 bridgehead atoms. The van der Waals surface area contributed by atoms with E-state index in [9.17, 15) is 4.79 Å². The summed E-state index contributed by atoms with van der Waals surface area (Å²) < 4.78 is 1.76. The van der Waals surface area contributed by atoms with Crippen molar-refractivity contribution in [1.82, 2.24) is 9.97 Å². The average Bonchev–Trinajstić information content (AvgIpc) is 2.62. The number of thiophene rings is 1. The fourth-order valence-electron chi connectivity index (χ4n) is 1.10. The van der Waals surface area contributed by atoms with Crippen molar-refractivity contribution in [1.29, 1.82) is 0 Å². The third-order valence-corrected chi connectivity index (χ3v) is 4.26. The molecule has 0 atom stereocenters. The molecule has 0 aliphatic heterocycles. The first-order valence-electron chi connectivity index (χ1n) is 4.41. The molecule has 2 aromatic rings. The number of halogens is 4. The van der Waals surface area contributed by atoms with E-state index in [1.54, 1.807) is 0 Å². The van der Waals surface area contributed by atoms with E-state index in [1.165, 1.54) is 12.3 Å². The van der Waals surface area contributed by atoms with E-state index in [4.69, 9.17) is 23.2 Å². The van der Waals surface area contributed by atoms with Gasteiger partial charge in [0.25, 0.3) is 5.91 Å². The van der Waals surface area contributed by atoms with Crippen molar-refractivity contribution in [2.24, 2.45) is 0 Å². The number of rotatable bonds is 2. The van der Waals surface area contributed by atoms with E-state index >= 15 is 0 Å². The quantitative estimate of drug-likeness (QED) is 0.754. The number of amides is 1. The van der Waals surface area contributed by atoms with Crippen molar-refractivity contribution >= 4 is 78.1 Å². The fraction of sp³-hybridized carbons (Fsp3) is 0. The Bertz CT molecular complexity index is 620. The zero-order chi connectivity index (χ0) is 13.3. The van der Waals surface area contributed by atoms with Crippen molar-refractivity contribution < 1.29 is 4.79 Å². The highest BCUT2D eigenvalue weighted by atomic mass is 79.9. The zero-order valence-electron chi connectivity index (χ0n) is 8.38. The Morgan fingerprint density at radius 2 is 2.11 bits per heavy atom. The van der Waals surface area contributed by atoms with Gasteiger partial charge in [-0.15, -0.1) is 11.3 Å². The van der Waals surface area contributed by atoms with Crippen molar-refractivity contribution in [3.63, 3.8) is 0 Å². The van der Waals surface area contributed by atoms with Gasteiger partial charge in [-0.1, -0.05) is 23.2 Å². The van der Waals surface area contributed by atoms with Gasteiger partial charge in [0.15, 0.2) is 5.82 Å². The monoisotopic (exact) mass is 429 g/mol. The molecule has 18 heavy (non-hydrogen) atoms. The molecular weight excluding hydrogens is 429 g/mol. The molecule has 9 heteroatoms. The molecule has 0 radical (unpaired) electrons. The van der Waals surface area contributed by atoms with Crippen molar-refractivity contribution in [3.8, 4) is 0 Å². The molecular formula is C9H3Br2Cl2N3OS. The maximum absolute atomic E-state index is 11.9. The minimum Gasteiger partial charge on any atom is -0.304 e. The Morgan fingerprint density at radius 3 is 2.67 bits per heavy atom. The van der Waals surface area contributed by atoms with Crippen LogP contribution in [0, 0.1) is 0 Å². The van der Waals surface area contributed by atoms with E-state index in [2.05, 4.69) is 47.1 Å². The third kappa shape index (κ3) is 3.21. The Labute approximate surface area is 133 Å². The molecule has 0 fully saturated rings. The summed E-state index contributed by atoms with van der Waals surface area (Å²) in [5.41, 5.74) is 0.309. The van der Waals surface area contributed by atoms with Crippen LogP contribution in [0.5, 0.6) is 0 Å². The lowest BCUT2D eigenvalue weighted by Gasteiger charge is -2.04. The molecule has 1 amide bonds. The summed E-state index contributed by atoms with van der Waals surface area (Å²) >= 11 is 19.2. The van der Waals surface area contributed by atoms with Crippen LogP contribution in [0.2, 0.25) is 8.67 Å². The van der Waals surface area contributed by atoms with Crippen LogP contribution >= 0.6 is 66.4 Å². The maximum atomic E-state index is 11.9. The van der Waals surface area contributed by atoms with Gasteiger partial charge in [-0.2, -0.15) is 0 Å². The summed E-state index contributed by atoms with van der Waals surface area (Å²) in [5.74, 6) is -0.0814. The molecule has 4 nitrogen and oxygen atoms in total. The second kappa shape index (κ2) is 5.83. The smallest absolute Gasteiger partial charge is 0.259 e. The van der Waals surface area contributed by atoms with Gasteiger partial charge in [0, 0.05) is 0 Å². The average molecular weight is 432 g/mol. The topological polar surface area (TPSA) is 54.9 Å². The summed E-state index contributed by atoms with van der Waals surface area (Å²) in [4.78, 5) is 20.0. The van der Waals surface area contributed by atoms with Gasteiger partial charge in [0.05, 0.1) is 16.1 Å². The molecule has 0 aromatic carbocycles. The highest BCUT2D eigenvalue weighted by Crippen LogP contribution is 2.31. The van der Waals surface area contributed by atoms with Gasteiger partial charge in [-0.05, 0) is 37.9 Å². The summed E-state index contributed by atoms with van der Waals surface area (Å²) in [6, 6.07) is 1.50. The molecule has 0 saturated carbocycles. The van der Waals surface area contributed by atoms with Crippen LogP contribution in [0.3, 0.4) is 0 Å². The number of aromatic nitrogens is 2. The molecule has 1 N–H and O–H groups in total. The molecule has 0 saturated heterocycles. The maximum Gasteiger partial charge on any atom is 0.259 e. The van der Waals surface area contributed by atoms with Crippen LogP contribution in [0.4, 0.5) is 5.82 Å². The van der Waals surface area contributed by atoms with Crippen LogP contribution < -0.4 is 5.32 Å². The SMILES string of the molecule is O=C(Nc1ncc(Br)nc1Br)c1cc(Cl)sc1Cl. The molecule has 0 unspecified atom stereocenters. The van der Waals surface area contributed by atoms with E-state index in [-0.39, 0.29) is 5.91 Å². The molecule has 0 spiro atoms. The number of nitrogens with zero attached hydrogens (tertiary/aromatic N) is 2. The molecule has 2 aromatic heterocycles. The van der Waals surface area contributed by atoms with Crippen molar-refractivity contribution in [3.05, 3.63) is 35.7 Å². The van der Waals surface area contributed by atoms with Gasteiger partial charge in [0.2, 0.25) is 0 Å². The number of nitrogens with one attached hydrogen (secondary N) is 1. The van der Waals surface area contributed by atoms with Gasteiger partial charge < -0.3 is 5.32 Å². The number of hydrogen-bond acceptors (Lipinski definition) is 4. The van der Waals surface area contributed by atoms with Crippen LogP contribution in [0.1, 0.15) is 10.4 Å². The first-order valence-corrected chi connectivity index (χ1v) is 7.57. The molecule has 2 heterocycles. The second-order valence-corrected chi connectivity index (χ2v) is 6.87. The number of carbonyl (C=O) groups excluding carboxylic acids is 1. The first kappa shape index (κ1) is 14.2. The zero-order valence-corrected chi connectivity index (χ0v) is 13.9. The summed E-state index contributed by atoms with van der Waals surface area (Å²) in [7, 11) is 0. The Hall–Kier alpha value is -0.210. The van der Waals surface area contributed by atoms with Crippen LogP contribution in [-0.4, -0.2) is 15.9 Å². The largest absolute Gasteiger partial charge is 0.304 e. The van der Waals surface area contributed by atoms with E-state index in [1.807, 2.05) is 0 Å². The van der Waals surface area contributed by atoms with Crippen molar-refractivity contribution in [2.45, 2.75) is 0 Å². The van der Waals surface area contributed by atoms with Crippen LogP contribution in [-0.2, 0) is 0 Å². The highest BCUT2D eigenvalue weighted by Gasteiger charge is 2.16. The normalized spacial score (nSPS) is 10.4. The van der Waals surface area contributed by atoms with Crippen LogP contribution in [0.25, 0.3) is 0 Å². The minimum atomic E-state index is -0.388. The summed E-state index contributed by atoms with van der Waals surface area (Å²) in [6.07, 6.45) is 1.47. The number of hydrogen-bond donors (Lipinski definition) is 1. The van der Waals surface area contributed by atoms with E-state index in [0.717, 1.165) is 11.3 Å². The highest BCUT2D eigenvalue weighted by molar-refractivity contribution is 9.11. The third-order valence-electron chi connectivity index (χ3n) is 1.83. The van der Waals surface area contributed by atoms with Gasteiger partial charge in [-0.3, -0.25) is 4.79 Å². The van der Waals surface area contributed by atoms with E-state index in [0.29, 0.717) is 29.3 Å². The summed E-state index contributed by atoms with van der Waals surface area (Å²) in [5, 5.41) is 2.59. The standard InChI is InChI=1S/C9H3Br2Cl2N3OS/c10-4-2-14-8(6(11)15-4)16-9(17)3-1-5(12)18-7(3)13/h1-2H,(H,14,16,17). The van der Waals surface area contributed by atoms with Crippen molar-refractivity contribution in [2.75, 3.05) is 5.32 Å². The van der Waals surface area contributed by atoms with Crippen LogP contribution in [0.15, 0.2) is 21.5 Å². The predicted octanol–water partition coefficient (Wildman–Crippen LogP) is 4.62. The first-order chi connectivity index (χ1) is 8.47. The lowest BCUT2D eigenvalue weighted by atomic mass is 10.3. The Morgan fingerprint density at radius 1 is 1.39 bits per heavy atom. The van der Waals surface area contributed by atoms with E-state index < -0.39 is 0 Å². The Balaban J connectivity index is 2.24. The molecule has 2 rings (SSSR count). The van der Waals surface area contributed by atoms with Gasteiger partial charge in [-0.25, -0.2) is 9.97 Å². The second-order valence-electron chi connectivity index (χ2n) is 3.02. The van der Waals surface area contributed by atoms with Gasteiger partial charge >= 0.3 is 0 Å². The minimum absolute atomic E-state index is 0.307. The molecule has 94 valence electrons. The molecule has 0 aliphatic rings. The summed E-state index contributed by atoms with van der Waals surface area (Å²) in [6.45, 7) is 0. The Kier molecular flexibility index (Phi) is 4.60. The predicted molar refractivity (Wildman–Crippen MR) is 79.7 cm³/mol.